The Bertz CT molecular complexity index is 624. The number of aromatic nitrogens is 5. The summed E-state index contributed by atoms with van der Waals surface area (Å²) < 4.78 is 32.7. The topological polar surface area (TPSA) is 99.9 Å². The molecule has 0 amide bonds. The highest BCUT2D eigenvalue weighted by atomic mass is 35.7. The van der Waals surface area contributed by atoms with E-state index in [2.05, 4.69) is 19.8 Å². The average Bonchev–Trinajstić information content (AvgIpc) is 2.93. The number of hydrogen-bond acceptors (Lipinski definition) is 8. The van der Waals surface area contributed by atoms with Crippen molar-refractivity contribution in [1.29, 1.82) is 0 Å². The maximum Gasteiger partial charge on any atom is 0.296 e. The van der Waals surface area contributed by atoms with E-state index in [-0.39, 0.29) is 11.7 Å². The van der Waals surface area contributed by atoms with E-state index in [1.807, 2.05) is 0 Å². The van der Waals surface area contributed by atoms with Crippen molar-refractivity contribution in [3.05, 3.63) is 6.20 Å². The minimum absolute atomic E-state index is 0.262. The van der Waals surface area contributed by atoms with Crippen LogP contribution < -0.4 is 0 Å². The highest BCUT2D eigenvalue weighted by Crippen LogP contribution is 2.23. The molecule has 0 atom stereocenters. The lowest BCUT2D eigenvalue weighted by Gasteiger charge is -2.06. The normalized spacial score (nSPS) is 11.9. The van der Waals surface area contributed by atoms with Gasteiger partial charge in [0.1, 0.15) is 4.88 Å². The molecule has 11 heteroatoms. The maximum atomic E-state index is 11.4. The smallest absolute Gasteiger partial charge is 0.296 e. The summed E-state index contributed by atoms with van der Waals surface area (Å²) in [7, 11) is 2.84. The van der Waals surface area contributed by atoms with Gasteiger partial charge in [0, 0.05) is 17.8 Å². The van der Waals surface area contributed by atoms with E-state index < -0.39 is 9.05 Å². The first-order chi connectivity index (χ1) is 8.54. The van der Waals surface area contributed by atoms with Gasteiger partial charge in [0.05, 0.1) is 19.3 Å². The summed E-state index contributed by atoms with van der Waals surface area (Å²) in [5.74, 6) is 0.348. The van der Waals surface area contributed by atoms with Crippen molar-refractivity contribution in [1.82, 2.24) is 24.4 Å². The molecule has 0 aromatic carbocycles. The van der Waals surface area contributed by atoms with E-state index in [0.717, 1.165) is 11.5 Å². The quantitative estimate of drug-likeness (QED) is 0.735. The lowest BCUT2D eigenvalue weighted by molar-refractivity contribution is 0.185. The van der Waals surface area contributed by atoms with Crippen LogP contribution in [-0.2, 0) is 20.3 Å². The van der Waals surface area contributed by atoms with Gasteiger partial charge in [0.2, 0.25) is 0 Å². The van der Waals surface area contributed by atoms with Crippen LogP contribution in [0, 0.1) is 0 Å². The van der Waals surface area contributed by atoms with Gasteiger partial charge in [-0.3, -0.25) is 4.57 Å². The zero-order chi connectivity index (χ0) is 13.2. The van der Waals surface area contributed by atoms with Crippen molar-refractivity contribution in [3.63, 3.8) is 0 Å². The minimum atomic E-state index is -3.96. The second-order valence-corrected chi connectivity index (χ2v) is 6.42. The summed E-state index contributed by atoms with van der Waals surface area (Å²) in [4.78, 5) is 0.602. The maximum absolute atomic E-state index is 11.4. The van der Waals surface area contributed by atoms with Crippen molar-refractivity contribution in [2.45, 2.75) is 11.7 Å². The Hall–Kier alpha value is -1.10. The number of ether oxygens (including phenoxy) is 1. The van der Waals surface area contributed by atoms with Crippen molar-refractivity contribution in [2.24, 2.45) is 0 Å². The third kappa shape index (κ3) is 2.66. The zero-order valence-corrected chi connectivity index (χ0v) is 11.5. The van der Waals surface area contributed by atoms with Crippen LogP contribution in [0.4, 0.5) is 0 Å². The van der Waals surface area contributed by atoms with Crippen LogP contribution in [-0.4, -0.2) is 46.5 Å². The van der Waals surface area contributed by atoms with Crippen molar-refractivity contribution in [2.75, 3.05) is 13.7 Å². The van der Waals surface area contributed by atoms with Crippen molar-refractivity contribution >= 4 is 31.3 Å². The summed E-state index contributed by atoms with van der Waals surface area (Å²) in [6.07, 6.45) is 1.47. The first-order valence-corrected chi connectivity index (χ1v) is 7.77. The molecule has 0 aliphatic carbocycles. The molecule has 2 aromatic heterocycles. The SMILES string of the molecule is COCCn1c(-c2cnns2)nnc1S(=O)(=O)Cl. The molecule has 0 aliphatic rings. The molecule has 2 rings (SSSR count). The second kappa shape index (κ2) is 5.26. The van der Waals surface area contributed by atoms with Gasteiger partial charge in [-0.2, -0.15) is 0 Å². The molecule has 0 saturated heterocycles. The lowest BCUT2D eigenvalue weighted by Crippen LogP contribution is -2.11. The third-order valence-corrected chi connectivity index (χ3v) is 3.85. The molecule has 2 aromatic rings. The van der Waals surface area contributed by atoms with Crippen molar-refractivity contribution in [3.8, 4) is 10.7 Å². The Morgan fingerprint density at radius 2 is 2.28 bits per heavy atom. The molecule has 0 aliphatic heterocycles. The Balaban J connectivity index is 2.51. The number of nitrogens with zero attached hydrogens (tertiary/aromatic N) is 5. The van der Waals surface area contributed by atoms with Crippen molar-refractivity contribution < 1.29 is 13.2 Å². The molecule has 0 bridgehead atoms. The van der Waals surface area contributed by atoms with Gasteiger partial charge < -0.3 is 4.74 Å². The van der Waals surface area contributed by atoms with E-state index in [1.54, 1.807) is 0 Å². The fraction of sp³-hybridized carbons (Fsp3) is 0.429. The molecule has 18 heavy (non-hydrogen) atoms. The number of halogens is 1. The van der Waals surface area contributed by atoms with Crippen LogP contribution >= 0.6 is 22.2 Å². The van der Waals surface area contributed by atoms with E-state index in [0.29, 0.717) is 17.3 Å². The fourth-order valence-corrected chi connectivity index (χ4v) is 2.73. The summed E-state index contributed by atoms with van der Waals surface area (Å²) in [6, 6.07) is 0. The molecule has 2 heterocycles. The molecule has 98 valence electrons. The van der Waals surface area contributed by atoms with Crippen LogP contribution in [0.1, 0.15) is 0 Å². The van der Waals surface area contributed by atoms with Crippen LogP contribution in [0.5, 0.6) is 0 Å². The Kier molecular flexibility index (Phi) is 3.90. The van der Waals surface area contributed by atoms with E-state index in [9.17, 15) is 8.42 Å². The van der Waals surface area contributed by atoms with E-state index in [4.69, 9.17) is 15.4 Å². The van der Waals surface area contributed by atoms with Crippen LogP contribution in [0.15, 0.2) is 11.4 Å². The lowest BCUT2D eigenvalue weighted by atomic mass is 10.5. The van der Waals surface area contributed by atoms with Gasteiger partial charge in [0.25, 0.3) is 14.2 Å². The van der Waals surface area contributed by atoms with Crippen LogP contribution in [0.2, 0.25) is 0 Å². The summed E-state index contributed by atoms with van der Waals surface area (Å²) in [5, 5.41) is 10.7. The molecular weight excluding hydrogens is 302 g/mol. The number of hydrogen-bond donors (Lipinski definition) is 0. The molecule has 8 nitrogen and oxygen atoms in total. The highest BCUT2D eigenvalue weighted by molar-refractivity contribution is 8.13. The fourth-order valence-electron chi connectivity index (χ4n) is 1.30. The molecule has 0 radical (unpaired) electrons. The molecule has 0 fully saturated rings. The first kappa shape index (κ1) is 13.3. The number of rotatable bonds is 5. The monoisotopic (exact) mass is 309 g/mol. The Morgan fingerprint density at radius 3 is 2.83 bits per heavy atom. The largest absolute Gasteiger partial charge is 0.383 e. The number of methoxy groups -OCH3 is 1. The van der Waals surface area contributed by atoms with Gasteiger partial charge in [-0.05, 0) is 11.5 Å². The van der Waals surface area contributed by atoms with E-state index in [1.165, 1.54) is 17.9 Å². The van der Waals surface area contributed by atoms with E-state index >= 15 is 0 Å². The second-order valence-electron chi connectivity index (χ2n) is 3.17. The third-order valence-electron chi connectivity index (χ3n) is 2.04. The van der Waals surface area contributed by atoms with Gasteiger partial charge in [-0.15, -0.1) is 15.3 Å². The van der Waals surface area contributed by atoms with Gasteiger partial charge in [0.15, 0.2) is 5.82 Å². The Labute approximate surface area is 111 Å². The Morgan fingerprint density at radius 1 is 1.50 bits per heavy atom. The van der Waals surface area contributed by atoms with Gasteiger partial charge in [-0.25, -0.2) is 8.42 Å². The first-order valence-electron chi connectivity index (χ1n) is 4.68. The van der Waals surface area contributed by atoms with Gasteiger partial charge >= 0.3 is 0 Å². The predicted molar refractivity (Wildman–Crippen MR) is 63.8 cm³/mol. The molecular formula is C7H8ClN5O3S2. The van der Waals surface area contributed by atoms with Crippen LogP contribution in [0.3, 0.4) is 0 Å². The minimum Gasteiger partial charge on any atom is -0.383 e. The molecule has 0 N–H and O–H groups in total. The standard InChI is InChI=1S/C7H8ClN5O3S2/c1-16-3-2-13-6(5-4-9-12-17-5)10-11-7(13)18(8,14)15/h4H,2-3H2,1H3. The van der Waals surface area contributed by atoms with Gasteiger partial charge in [-0.1, -0.05) is 4.49 Å². The average molecular weight is 310 g/mol. The zero-order valence-electron chi connectivity index (χ0n) is 9.15. The van der Waals surface area contributed by atoms with Crippen LogP contribution in [0.25, 0.3) is 10.7 Å². The molecule has 0 spiro atoms. The molecule has 0 unspecified atom stereocenters. The molecule has 0 saturated carbocycles. The predicted octanol–water partition coefficient (Wildman–Crippen LogP) is 0.371. The summed E-state index contributed by atoms with van der Waals surface area (Å²) >= 11 is 1.08. The highest BCUT2D eigenvalue weighted by Gasteiger charge is 2.23. The summed E-state index contributed by atoms with van der Waals surface area (Å²) in [6.45, 7) is 0.564. The summed E-state index contributed by atoms with van der Waals surface area (Å²) in [5.41, 5.74) is 0.